The number of hydrogen-bond acceptors (Lipinski definition) is 5. The second kappa shape index (κ2) is 6.05. The second-order valence-corrected chi connectivity index (χ2v) is 5.67. The summed E-state index contributed by atoms with van der Waals surface area (Å²) in [5.41, 5.74) is 3.20. The van der Waals surface area contributed by atoms with E-state index in [1.165, 1.54) is 18.3 Å². The number of aromatic nitrogens is 1. The molecule has 1 aromatic carbocycles. The third-order valence-corrected chi connectivity index (χ3v) is 3.72. The van der Waals surface area contributed by atoms with Crippen LogP contribution < -0.4 is 10.1 Å². The first-order valence-electron chi connectivity index (χ1n) is 6.40. The van der Waals surface area contributed by atoms with Gasteiger partial charge in [0, 0.05) is 12.3 Å². The van der Waals surface area contributed by atoms with E-state index in [9.17, 15) is 9.59 Å². The molecular formula is C15H16N2O3S. The van der Waals surface area contributed by atoms with E-state index in [1.807, 2.05) is 32.9 Å². The molecule has 0 unspecified atom stereocenters. The van der Waals surface area contributed by atoms with Crippen LogP contribution in [0, 0.1) is 20.8 Å². The number of thiazole rings is 1. The molecule has 2 rings (SSSR count). The summed E-state index contributed by atoms with van der Waals surface area (Å²) >= 11 is 1.18. The highest BCUT2D eigenvalue weighted by atomic mass is 32.1. The molecule has 1 aromatic heterocycles. The molecule has 1 amide bonds. The van der Waals surface area contributed by atoms with Crippen LogP contribution in [0.5, 0.6) is 5.75 Å². The first-order valence-corrected chi connectivity index (χ1v) is 7.28. The predicted molar refractivity (Wildman–Crippen MR) is 82.0 cm³/mol. The number of anilines is 1. The largest absolute Gasteiger partial charge is 0.421 e. The minimum Gasteiger partial charge on any atom is -0.421 e. The summed E-state index contributed by atoms with van der Waals surface area (Å²) in [4.78, 5) is 27.1. The SMILES string of the molecule is CC(=O)Nc1nc(C(=O)Oc2cc(C)cc(C)c2C)cs1. The lowest BCUT2D eigenvalue weighted by Crippen LogP contribution is -2.11. The maximum atomic E-state index is 12.1. The van der Waals surface area contributed by atoms with Crippen molar-refractivity contribution in [3.8, 4) is 5.75 Å². The van der Waals surface area contributed by atoms with Crippen LogP contribution in [0.2, 0.25) is 0 Å². The summed E-state index contributed by atoms with van der Waals surface area (Å²) in [6.45, 7) is 7.21. The van der Waals surface area contributed by atoms with Crippen LogP contribution in [-0.2, 0) is 4.79 Å². The smallest absolute Gasteiger partial charge is 0.363 e. The molecule has 0 aliphatic heterocycles. The van der Waals surface area contributed by atoms with Gasteiger partial charge in [-0.1, -0.05) is 6.07 Å². The predicted octanol–water partition coefficient (Wildman–Crippen LogP) is 3.25. The van der Waals surface area contributed by atoms with Crippen LogP contribution in [0.15, 0.2) is 17.5 Å². The zero-order chi connectivity index (χ0) is 15.6. The molecule has 0 spiro atoms. The van der Waals surface area contributed by atoms with Gasteiger partial charge in [0.15, 0.2) is 10.8 Å². The molecule has 110 valence electrons. The van der Waals surface area contributed by atoms with Gasteiger partial charge >= 0.3 is 5.97 Å². The molecule has 0 aliphatic carbocycles. The van der Waals surface area contributed by atoms with E-state index in [-0.39, 0.29) is 11.6 Å². The number of amides is 1. The summed E-state index contributed by atoms with van der Waals surface area (Å²) in [6.07, 6.45) is 0. The van der Waals surface area contributed by atoms with Gasteiger partial charge in [-0.3, -0.25) is 4.79 Å². The molecule has 0 radical (unpaired) electrons. The number of ether oxygens (including phenoxy) is 1. The van der Waals surface area contributed by atoms with Crippen LogP contribution in [-0.4, -0.2) is 16.9 Å². The molecule has 0 aliphatic rings. The molecule has 0 saturated carbocycles. The number of carbonyl (C=O) groups excluding carboxylic acids is 2. The Balaban J connectivity index is 2.18. The molecule has 1 N–H and O–H groups in total. The molecule has 6 heteroatoms. The fourth-order valence-electron chi connectivity index (χ4n) is 1.83. The first-order chi connectivity index (χ1) is 9.86. The van der Waals surface area contributed by atoms with Crippen LogP contribution >= 0.6 is 11.3 Å². The van der Waals surface area contributed by atoms with Gasteiger partial charge in [0.2, 0.25) is 5.91 Å². The van der Waals surface area contributed by atoms with E-state index in [2.05, 4.69) is 10.3 Å². The standard InChI is InChI=1S/C15H16N2O3S/c1-8-5-9(2)10(3)13(6-8)20-14(19)12-7-21-15(17-12)16-11(4)18/h5-7H,1-4H3,(H,16,17,18). The first kappa shape index (κ1) is 15.2. The Morgan fingerprint density at radius 3 is 2.62 bits per heavy atom. The average Bonchev–Trinajstić information content (AvgIpc) is 2.83. The van der Waals surface area contributed by atoms with Crippen molar-refractivity contribution in [2.24, 2.45) is 0 Å². The number of nitrogens with zero attached hydrogens (tertiary/aromatic N) is 1. The molecule has 0 atom stereocenters. The molecule has 0 bridgehead atoms. The van der Waals surface area contributed by atoms with Crippen LogP contribution in [0.25, 0.3) is 0 Å². The molecule has 5 nitrogen and oxygen atoms in total. The summed E-state index contributed by atoms with van der Waals surface area (Å²) in [5.74, 6) is -0.225. The van der Waals surface area contributed by atoms with Crippen LogP contribution in [0.3, 0.4) is 0 Å². The van der Waals surface area contributed by atoms with Gasteiger partial charge in [0.1, 0.15) is 5.75 Å². The van der Waals surface area contributed by atoms with Crippen molar-refractivity contribution in [1.29, 1.82) is 0 Å². The molecule has 0 saturated heterocycles. The Labute approximate surface area is 127 Å². The number of benzene rings is 1. The quantitative estimate of drug-likeness (QED) is 0.698. The topological polar surface area (TPSA) is 68.3 Å². The molecule has 21 heavy (non-hydrogen) atoms. The highest BCUT2D eigenvalue weighted by Crippen LogP contribution is 2.25. The van der Waals surface area contributed by atoms with Crippen molar-refractivity contribution < 1.29 is 14.3 Å². The van der Waals surface area contributed by atoms with Crippen LogP contribution in [0.4, 0.5) is 5.13 Å². The van der Waals surface area contributed by atoms with Crippen molar-refractivity contribution >= 4 is 28.3 Å². The summed E-state index contributed by atoms with van der Waals surface area (Å²) in [7, 11) is 0. The normalized spacial score (nSPS) is 10.3. The number of hydrogen-bond donors (Lipinski definition) is 1. The monoisotopic (exact) mass is 304 g/mol. The van der Waals surface area contributed by atoms with Gasteiger partial charge < -0.3 is 10.1 Å². The van der Waals surface area contributed by atoms with Gasteiger partial charge in [-0.15, -0.1) is 11.3 Å². The summed E-state index contributed by atoms with van der Waals surface area (Å²) in [6, 6.07) is 3.85. The Morgan fingerprint density at radius 2 is 1.95 bits per heavy atom. The van der Waals surface area contributed by atoms with Gasteiger partial charge in [0.25, 0.3) is 0 Å². The molecule has 0 fully saturated rings. The van der Waals surface area contributed by atoms with E-state index in [1.54, 1.807) is 5.38 Å². The maximum absolute atomic E-state index is 12.1. The minimum atomic E-state index is -0.532. The van der Waals surface area contributed by atoms with Crippen molar-refractivity contribution in [3.05, 3.63) is 39.9 Å². The van der Waals surface area contributed by atoms with Crippen molar-refractivity contribution in [2.45, 2.75) is 27.7 Å². The molecular weight excluding hydrogens is 288 g/mol. The van der Waals surface area contributed by atoms with Crippen molar-refractivity contribution in [3.63, 3.8) is 0 Å². The zero-order valence-corrected chi connectivity index (χ0v) is 13.1. The third-order valence-electron chi connectivity index (χ3n) is 2.96. The number of esters is 1. The lowest BCUT2D eigenvalue weighted by atomic mass is 10.1. The Kier molecular flexibility index (Phi) is 4.37. The fraction of sp³-hybridized carbons (Fsp3) is 0.267. The van der Waals surface area contributed by atoms with Crippen molar-refractivity contribution in [2.75, 3.05) is 5.32 Å². The van der Waals surface area contributed by atoms with E-state index in [0.29, 0.717) is 10.9 Å². The number of carbonyl (C=O) groups is 2. The van der Waals surface area contributed by atoms with Gasteiger partial charge in [-0.25, -0.2) is 9.78 Å². The van der Waals surface area contributed by atoms with Gasteiger partial charge in [-0.2, -0.15) is 0 Å². The minimum absolute atomic E-state index is 0.183. The van der Waals surface area contributed by atoms with E-state index in [4.69, 9.17) is 4.74 Å². The number of nitrogens with one attached hydrogen (secondary N) is 1. The number of aryl methyl sites for hydroxylation is 2. The number of rotatable bonds is 3. The average molecular weight is 304 g/mol. The lowest BCUT2D eigenvalue weighted by molar-refractivity contribution is -0.114. The summed E-state index contributed by atoms with van der Waals surface area (Å²) < 4.78 is 5.40. The van der Waals surface area contributed by atoms with E-state index in [0.717, 1.165) is 16.7 Å². The van der Waals surface area contributed by atoms with Gasteiger partial charge in [-0.05, 0) is 43.5 Å². The van der Waals surface area contributed by atoms with E-state index >= 15 is 0 Å². The van der Waals surface area contributed by atoms with E-state index < -0.39 is 5.97 Å². The maximum Gasteiger partial charge on any atom is 0.363 e. The highest BCUT2D eigenvalue weighted by molar-refractivity contribution is 7.14. The summed E-state index contributed by atoms with van der Waals surface area (Å²) in [5, 5.41) is 4.48. The van der Waals surface area contributed by atoms with Crippen LogP contribution in [0.1, 0.15) is 34.1 Å². The van der Waals surface area contributed by atoms with Crippen molar-refractivity contribution in [1.82, 2.24) is 4.98 Å². The Bertz CT molecular complexity index is 707. The third kappa shape index (κ3) is 3.66. The zero-order valence-electron chi connectivity index (χ0n) is 12.3. The second-order valence-electron chi connectivity index (χ2n) is 4.81. The molecule has 1 heterocycles. The Morgan fingerprint density at radius 1 is 1.24 bits per heavy atom. The fourth-order valence-corrected chi connectivity index (χ4v) is 2.56. The Hall–Kier alpha value is -2.21. The highest BCUT2D eigenvalue weighted by Gasteiger charge is 2.15. The molecule has 2 aromatic rings. The lowest BCUT2D eigenvalue weighted by Gasteiger charge is -2.10. The van der Waals surface area contributed by atoms with Gasteiger partial charge in [0.05, 0.1) is 0 Å².